The van der Waals surface area contributed by atoms with Gasteiger partial charge < -0.3 is 10.2 Å². The first-order chi connectivity index (χ1) is 10.7. The molecule has 0 aromatic rings. The van der Waals surface area contributed by atoms with E-state index in [-0.39, 0.29) is 11.9 Å². The number of nitrogens with one attached hydrogen (secondary N) is 1. The summed E-state index contributed by atoms with van der Waals surface area (Å²) in [5, 5.41) is 3.18. The first-order valence-corrected chi connectivity index (χ1v) is 9.44. The van der Waals surface area contributed by atoms with Crippen molar-refractivity contribution < 1.29 is 4.79 Å². The molecule has 1 unspecified atom stereocenters. The smallest absolute Gasteiger partial charge is 0.237 e. The zero-order chi connectivity index (χ0) is 15.8. The molecule has 2 aliphatic heterocycles. The third-order valence-corrected chi connectivity index (χ3v) is 5.25. The van der Waals surface area contributed by atoms with Gasteiger partial charge in [-0.05, 0) is 77.2 Å². The molecule has 0 bridgehead atoms. The Labute approximate surface area is 136 Å². The van der Waals surface area contributed by atoms with Crippen molar-refractivity contribution in [2.24, 2.45) is 5.92 Å². The number of carbonyl (C=O) groups excluding carboxylic acids is 1. The molecule has 2 saturated heterocycles. The lowest BCUT2D eigenvalue weighted by atomic mass is 9.99. The summed E-state index contributed by atoms with van der Waals surface area (Å²) in [5.74, 6) is 1.16. The predicted octanol–water partition coefficient (Wildman–Crippen LogP) is 2.49. The van der Waals surface area contributed by atoms with Crippen LogP contribution in [0.5, 0.6) is 0 Å². The van der Waals surface area contributed by atoms with Crippen LogP contribution in [0.15, 0.2) is 0 Å². The minimum absolute atomic E-state index is 0.129. The molecule has 2 fully saturated rings. The first-order valence-electron chi connectivity index (χ1n) is 9.44. The van der Waals surface area contributed by atoms with Gasteiger partial charge in [-0.15, -0.1) is 0 Å². The van der Waals surface area contributed by atoms with E-state index in [0.29, 0.717) is 0 Å². The van der Waals surface area contributed by atoms with Crippen LogP contribution in [0.25, 0.3) is 0 Å². The van der Waals surface area contributed by atoms with Crippen molar-refractivity contribution in [1.29, 1.82) is 0 Å². The van der Waals surface area contributed by atoms with Crippen molar-refractivity contribution in [3.63, 3.8) is 0 Å². The van der Waals surface area contributed by atoms with Gasteiger partial charge in [0.05, 0.1) is 6.04 Å². The Morgan fingerprint density at radius 3 is 2.59 bits per heavy atom. The highest BCUT2D eigenvalue weighted by atomic mass is 16.2. The number of rotatable bonds is 7. The Morgan fingerprint density at radius 1 is 1.09 bits per heavy atom. The SMILES string of the molecule is CCCN1CCCCC1C(=O)NCCCN1CCC(C)CC1. The lowest BCUT2D eigenvalue weighted by Gasteiger charge is -2.34. The van der Waals surface area contributed by atoms with Crippen LogP contribution in [0, 0.1) is 5.92 Å². The van der Waals surface area contributed by atoms with E-state index in [0.717, 1.165) is 51.4 Å². The lowest BCUT2D eigenvalue weighted by molar-refractivity contribution is -0.127. The van der Waals surface area contributed by atoms with Crippen LogP contribution >= 0.6 is 0 Å². The maximum Gasteiger partial charge on any atom is 0.237 e. The molecule has 0 aliphatic carbocycles. The summed E-state index contributed by atoms with van der Waals surface area (Å²) in [4.78, 5) is 17.3. The van der Waals surface area contributed by atoms with Crippen LogP contribution in [0.4, 0.5) is 0 Å². The standard InChI is InChI=1S/C18H35N3O/c1-3-11-21-13-5-4-7-17(21)18(22)19-10-6-12-20-14-8-16(2)9-15-20/h16-17H,3-15H2,1-2H3,(H,19,22). The van der Waals surface area contributed by atoms with E-state index in [9.17, 15) is 4.79 Å². The van der Waals surface area contributed by atoms with Gasteiger partial charge in [0.25, 0.3) is 0 Å². The molecule has 4 nitrogen and oxygen atoms in total. The number of piperidine rings is 2. The highest BCUT2D eigenvalue weighted by molar-refractivity contribution is 5.81. The molecule has 1 atom stereocenters. The fourth-order valence-corrected chi connectivity index (χ4v) is 3.76. The second-order valence-corrected chi connectivity index (χ2v) is 7.22. The molecule has 0 spiro atoms. The third kappa shape index (κ3) is 5.54. The summed E-state index contributed by atoms with van der Waals surface area (Å²) in [6, 6.07) is 0.129. The van der Waals surface area contributed by atoms with Crippen molar-refractivity contribution >= 4 is 5.91 Å². The van der Waals surface area contributed by atoms with Crippen molar-refractivity contribution in [2.75, 3.05) is 39.3 Å². The molecule has 0 radical (unpaired) electrons. The van der Waals surface area contributed by atoms with Crippen molar-refractivity contribution in [2.45, 2.75) is 64.8 Å². The number of amides is 1. The molecule has 0 saturated carbocycles. The molecule has 4 heteroatoms. The van der Waals surface area contributed by atoms with Gasteiger partial charge >= 0.3 is 0 Å². The molecular weight excluding hydrogens is 274 g/mol. The molecule has 0 aromatic heterocycles. The fourth-order valence-electron chi connectivity index (χ4n) is 3.76. The molecule has 1 amide bonds. The minimum atomic E-state index is 0.129. The summed E-state index contributed by atoms with van der Waals surface area (Å²) in [7, 11) is 0. The van der Waals surface area contributed by atoms with Gasteiger partial charge in [-0.1, -0.05) is 20.3 Å². The van der Waals surface area contributed by atoms with Gasteiger partial charge in [0.2, 0.25) is 5.91 Å². The average molecular weight is 309 g/mol. The number of likely N-dealkylation sites (tertiary alicyclic amines) is 2. The lowest BCUT2D eigenvalue weighted by Crippen LogP contribution is -2.50. The Morgan fingerprint density at radius 2 is 1.86 bits per heavy atom. The van der Waals surface area contributed by atoms with E-state index in [1.165, 1.54) is 38.8 Å². The zero-order valence-corrected chi connectivity index (χ0v) is 14.6. The summed E-state index contributed by atoms with van der Waals surface area (Å²) in [6.07, 6.45) is 8.37. The maximum absolute atomic E-state index is 12.4. The van der Waals surface area contributed by atoms with E-state index < -0.39 is 0 Å². The van der Waals surface area contributed by atoms with Crippen molar-refractivity contribution in [3.05, 3.63) is 0 Å². The van der Waals surface area contributed by atoms with Crippen molar-refractivity contribution in [1.82, 2.24) is 15.1 Å². The summed E-state index contributed by atoms with van der Waals surface area (Å²) in [5.41, 5.74) is 0. The van der Waals surface area contributed by atoms with E-state index >= 15 is 0 Å². The average Bonchev–Trinajstić information content (AvgIpc) is 2.54. The van der Waals surface area contributed by atoms with E-state index in [1.807, 2.05) is 0 Å². The molecule has 0 aromatic carbocycles. The van der Waals surface area contributed by atoms with Gasteiger partial charge in [-0.25, -0.2) is 0 Å². The van der Waals surface area contributed by atoms with Gasteiger partial charge in [0.15, 0.2) is 0 Å². The van der Waals surface area contributed by atoms with Gasteiger partial charge in [-0.2, -0.15) is 0 Å². The number of carbonyl (C=O) groups is 1. The minimum Gasteiger partial charge on any atom is -0.355 e. The highest BCUT2D eigenvalue weighted by Crippen LogP contribution is 2.18. The summed E-state index contributed by atoms with van der Waals surface area (Å²) in [6.45, 7) is 11.1. The van der Waals surface area contributed by atoms with Crippen LogP contribution in [0.3, 0.4) is 0 Å². The number of hydrogen-bond donors (Lipinski definition) is 1. The zero-order valence-electron chi connectivity index (χ0n) is 14.6. The Balaban J connectivity index is 1.62. The van der Waals surface area contributed by atoms with Crippen molar-refractivity contribution in [3.8, 4) is 0 Å². The van der Waals surface area contributed by atoms with E-state index in [4.69, 9.17) is 0 Å². The third-order valence-electron chi connectivity index (χ3n) is 5.25. The molecule has 22 heavy (non-hydrogen) atoms. The van der Waals surface area contributed by atoms with Crippen LogP contribution in [0.2, 0.25) is 0 Å². The highest BCUT2D eigenvalue weighted by Gasteiger charge is 2.27. The van der Waals surface area contributed by atoms with Gasteiger partial charge in [-0.3, -0.25) is 9.69 Å². The maximum atomic E-state index is 12.4. The molecular formula is C18H35N3O. The number of nitrogens with zero attached hydrogens (tertiary/aromatic N) is 2. The largest absolute Gasteiger partial charge is 0.355 e. The van der Waals surface area contributed by atoms with Gasteiger partial charge in [0.1, 0.15) is 0 Å². The van der Waals surface area contributed by atoms with E-state index in [1.54, 1.807) is 0 Å². The Bertz CT molecular complexity index is 324. The van der Waals surface area contributed by atoms with Crippen LogP contribution in [-0.2, 0) is 4.79 Å². The summed E-state index contributed by atoms with van der Waals surface area (Å²) < 4.78 is 0. The molecule has 1 N–H and O–H groups in total. The Kier molecular flexibility index (Phi) is 7.67. The monoisotopic (exact) mass is 309 g/mol. The predicted molar refractivity (Wildman–Crippen MR) is 92.0 cm³/mol. The molecule has 2 aliphatic rings. The van der Waals surface area contributed by atoms with E-state index in [2.05, 4.69) is 29.0 Å². The fraction of sp³-hybridized carbons (Fsp3) is 0.944. The summed E-state index contributed by atoms with van der Waals surface area (Å²) >= 11 is 0. The second-order valence-electron chi connectivity index (χ2n) is 7.22. The molecule has 2 heterocycles. The van der Waals surface area contributed by atoms with Gasteiger partial charge in [0, 0.05) is 6.54 Å². The first kappa shape index (κ1) is 17.7. The van der Waals surface area contributed by atoms with Crippen LogP contribution < -0.4 is 5.32 Å². The van der Waals surface area contributed by atoms with Crippen LogP contribution in [-0.4, -0.2) is 61.0 Å². The van der Waals surface area contributed by atoms with Crippen LogP contribution in [0.1, 0.15) is 58.8 Å². The normalized spacial score (nSPS) is 25.3. The second kappa shape index (κ2) is 9.51. The topological polar surface area (TPSA) is 35.6 Å². The quantitative estimate of drug-likeness (QED) is 0.734. The number of hydrogen-bond acceptors (Lipinski definition) is 3. The molecule has 2 rings (SSSR count). The molecule has 128 valence electrons. The Hall–Kier alpha value is -0.610.